The lowest BCUT2D eigenvalue weighted by molar-refractivity contribution is 0.508. The molecule has 0 radical (unpaired) electrons. The summed E-state index contributed by atoms with van der Waals surface area (Å²) < 4.78 is 2.33. The molecule has 0 saturated heterocycles. The molecule has 0 amide bonds. The first-order valence-corrected chi connectivity index (χ1v) is 17.7. The number of hydrogen-bond acceptors (Lipinski definition) is 3. The van der Waals surface area contributed by atoms with E-state index in [-0.39, 0.29) is 0 Å². The molecule has 1 aromatic heterocycles. The Bertz CT molecular complexity index is 2480. The van der Waals surface area contributed by atoms with Crippen molar-refractivity contribution in [3.63, 3.8) is 0 Å². The van der Waals surface area contributed by atoms with Crippen LogP contribution in [0.1, 0.15) is 41.7 Å². The van der Waals surface area contributed by atoms with Gasteiger partial charge in [0.15, 0.2) is 0 Å². The predicted octanol–water partition coefficient (Wildman–Crippen LogP) is 11.6. The molecule has 0 spiro atoms. The maximum atomic E-state index is 5.23. The minimum Gasteiger partial charge on any atom is -0.310 e. The number of nitrogens with zero attached hydrogens (tertiary/aromatic N) is 4. The predicted molar refractivity (Wildman–Crippen MR) is 209 cm³/mol. The van der Waals surface area contributed by atoms with Crippen molar-refractivity contribution in [2.45, 2.75) is 24.8 Å². The van der Waals surface area contributed by atoms with Gasteiger partial charge in [0.2, 0.25) is 5.95 Å². The van der Waals surface area contributed by atoms with E-state index in [9.17, 15) is 0 Å². The molecule has 51 heavy (non-hydrogen) atoms. The fraction of sp³-hybridized carbons (Fsp3) is 0.0851. The van der Waals surface area contributed by atoms with Crippen LogP contribution in [0.3, 0.4) is 0 Å². The zero-order chi connectivity index (χ0) is 34.2. The molecule has 0 fully saturated rings. The van der Waals surface area contributed by atoms with E-state index < -0.39 is 11.0 Å². The van der Waals surface area contributed by atoms with Crippen LogP contribution >= 0.6 is 0 Å². The summed E-state index contributed by atoms with van der Waals surface area (Å²) in [7, 11) is 0. The van der Waals surface area contributed by atoms with Crippen LogP contribution in [0.25, 0.3) is 16.7 Å². The molecule has 0 unspecified atom stereocenters. The number of rotatable bonds is 4. The highest BCUT2D eigenvalue weighted by molar-refractivity contribution is 5.91. The third-order valence-corrected chi connectivity index (χ3v) is 11.0. The zero-order valence-electron chi connectivity index (χ0n) is 28.6. The quantitative estimate of drug-likeness (QED) is 0.188. The Morgan fingerprint density at radius 3 is 1.61 bits per heavy atom. The maximum absolute atomic E-state index is 5.23. The SMILES string of the molecule is CC1(C)c2cc(N3c4ccccc4C(c4ccccc4)(c4ccccc4)c4ccccc43)ccc2-n2c(nc3ccccc32)N1c1ccccc1. The van der Waals surface area contributed by atoms with Crippen molar-refractivity contribution < 1.29 is 0 Å². The molecule has 4 heteroatoms. The topological polar surface area (TPSA) is 24.3 Å². The van der Waals surface area contributed by atoms with Crippen molar-refractivity contribution in [2.24, 2.45) is 0 Å². The average Bonchev–Trinajstić information content (AvgIpc) is 3.57. The zero-order valence-corrected chi connectivity index (χ0v) is 28.6. The van der Waals surface area contributed by atoms with E-state index in [2.05, 4.69) is 210 Å². The number of anilines is 5. The molecule has 4 nitrogen and oxygen atoms in total. The van der Waals surface area contributed by atoms with Crippen LogP contribution in [-0.2, 0) is 11.0 Å². The molecule has 2 aliphatic rings. The van der Waals surface area contributed by atoms with E-state index in [1.807, 2.05) is 0 Å². The van der Waals surface area contributed by atoms with Gasteiger partial charge in [-0.25, -0.2) is 4.98 Å². The normalized spacial score (nSPS) is 15.1. The molecule has 8 aromatic rings. The Hall–Kier alpha value is -6.39. The summed E-state index contributed by atoms with van der Waals surface area (Å²) in [6.07, 6.45) is 0. The Morgan fingerprint density at radius 2 is 0.980 bits per heavy atom. The fourth-order valence-corrected chi connectivity index (χ4v) is 8.82. The summed E-state index contributed by atoms with van der Waals surface area (Å²) in [5, 5.41) is 0. The van der Waals surface area contributed by atoms with Gasteiger partial charge in [0.05, 0.1) is 39.0 Å². The third kappa shape index (κ3) is 4.11. The van der Waals surface area contributed by atoms with Crippen LogP contribution in [0.5, 0.6) is 0 Å². The number of fused-ring (bicyclic) bond motifs is 7. The van der Waals surface area contributed by atoms with Crippen molar-refractivity contribution >= 4 is 39.7 Å². The second-order valence-electron chi connectivity index (χ2n) is 14.0. The van der Waals surface area contributed by atoms with Crippen molar-refractivity contribution in [3.05, 3.63) is 210 Å². The Labute approximate surface area is 298 Å². The number of aromatic nitrogens is 2. The minimum absolute atomic E-state index is 0.420. The van der Waals surface area contributed by atoms with Crippen LogP contribution in [0.15, 0.2) is 182 Å². The van der Waals surface area contributed by atoms with E-state index in [0.29, 0.717) is 0 Å². The molecule has 0 N–H and O–H groups in total. The molecule has 0 aliphatic carbocycles. The highest BCUT2D eigenvalue weighted by Gasteiger charge is 2.47. The molecule has 0 saturated carbocycles. The molecular weight excluding hydrogens is 621 g/mol. The summed E-state index contributed by atoms with van der Waals surface area (Å²) >= 11 is 0. The molecule has 3 heterocycles. The number of imidazole rings is 1. The van der Waals surface area contributed by atoms with Gasteiger partial charge in [-0.2, -0.15) is 0 Å². The first kappa shape index (κ1) is 29.5. The first-order valence-electron chi connectivity index (χ1n) is 17.7. The fourth-order valence-electron chi connectivity index (χ4n) is 8.82. The minimum atomic E-state index is -0.506. The van der Waals surface area contributed by atoms with Gasteiger partial charge in [-0.1, -0.05) is 127 Å². The lowest BCUT2D eigenvalue weighted by atomic mass is 9.62. The smallest absolute Gasteiger partial charge is 0.216 e. The molecule has 0 bridgehead atoms. The largest absolute Gasteiger partial charge is 0.310 e. The number of para-hydroxylation sites is 5. The van der Waals surface area contributed by atoms with Gasteiger partial charge in [-0.15, -0.1) is 0 Å². The van der Waals surface area contributed by atoms with Crippen LogP contribution in [0.4, 0.5) is 28.7 Å². The second kappa shape index (κ2) is 11.1. The van der Waals surface area contributed by atoms with Crippen LogP contribution in [0.2, 0.25) is 0 Å². The summed E-state index contributed by atoms with van der Waals surface area (Å²) in [6.45, 7) is 4.64. The summed E-state index contributed by atoms with van der Waals surface area (Å²) in [4.78, 5) is 10.1. The van der Waals surface area contributed by atoms with Gasteiger partial charge >= 0.3 is 0 Å². The highest BCUT2D eigenvalue weighted by Crippen LogP contribution is 2.58. The Balaban J connectivity index is 1.25. The summed E-state index contributed by atoms with van der Waals surface area (Å²) in [5.74, 6) is 0.928. The molecule has 7 aromatic carbocycles. The van der Waals surface area contributed by atoms with Crippen molar-refractivity contribution in [2.75, 3.05) is 9.80 Å². The Morgan fingerprint density at radius 1 is 0.451 bits per heavy atom. The van der Waals surface area contributed by atoms with Crippen molar-refractivity contribution in [3.8, 4) is 5.69 Å². The second-order valence-corrected chi connectivity index (χ2v) is 14.0. The standard InChI is InChI=1S/C47H36N4/c1-46(2)39-32-36(30-31-43(39)50-44-29-17-14-26-40(44)48-45(50)51(46)35-22-10-5-11-23-35)49-41-27-15-12-24-37(41)47(33-18-6-3-7-19-33,34-20-8-4-9-21-34)38-25-13-16-28-42(38)49/h3-32H,1-2H3. The van der Waals surface area contributed by atoms with Crippen molar-refractivity contribution in [1.29, 1.82) is 0 Å². The average molecular weight is 657 g/mol. The van der Waals surface area contributed by atoms with Gasteiger partial charge in [0.1, 0.15) is 0 Å². The van der Waals surface area contributed by atoms with E-state index in [0.717, 1.165) is 34.0 Å². The monoisotopic (exact) mass is 656 g/mol. The van der Waals surface area contributed by atoms with Crippen molar-refractivity contribution in [1.82, 2.24) is 9.55 Å². The van der Waals surface area contributed by atoms with Gasteiger partial charge in [0.25, 0.3) is 0 Å². The number of benzene rings is 7. The van der Waals surface area contributed by atoms with Gasteiger partial charge < -0.3 is 9.80 Å². The molecule has 0 atom stereocenters. The van der Waals surface area contributed by atoms with E-state index in [4.69, 9.17) is 4.98 Å². The van der Waals surface area contributed by atoms with E-state index >= 15 is 0 Å². The lowest BCUT2D eigenvalue weighted by Gasteiger charge is -2.47. The molecule has 10 rings (SSSR count). The van der Waals surface area contributed by atoms with E-state index in [1.165, 1.54) is 39.2 Å². The molecular formula is C47H36N4. The number of hydrogen-bond donors (Lipinski definition) is 0. The summed E-state index contributed by atoms with van der Waals surface area (Å²) in [6, 6.07) is 66.0. The highest BCUT2D eigenvalue weighted by atomic mass is 15.4. The van der Waals surface area contributed by atoms with Gasteiger partial charge in [-0.3, -0.25) is 4.57 Å². The third-order valence-electron chi connectivity index (χ3n) is 11.0. The molecule has 2 aliphatic heterocycles. The first-order chi connectivity index (χ1) is 25.1. The van der Waals surface area contributed by atoms with Crippen LogP contribution in [0, 0.1) is 0 Å². The van der Waals surface area contributed by atoms with Gasteiger partial charge in [-0.05, 0) is 90.7 Å². The molecule has 244 valence electrons. The lowest BCUT2D eigenvalue weighted by Crippen LogP contribution is -2.43. The van der Waals surface area contributed by atoms with E-state index in [1.54, 1.807) is 0 Å². The summed E-state index contributed by atoms with van der Waals surface area (Å²) in [5.41, 5.74) is 13.1. The Kier molecular flexibility index (Phi) is 6.40. The maximum Gasteiger partial charge on any atom is 0.216 e. The van der Waals surface area contributed by atoms with Crippen LogP contribution in [-0.4, -0.2) is 9.55 Å². The van der Waals surface area contributed by atoms with Crippen LogP contribution < -0.4 is 9.80 Å². The van der Waals surface area contributed by atoms with Gasteiger partial charge in [0, 0.05) is 16.9 Å².